The Morgan fingerprint density at radius 1 is 1.43 bits per heavy atom. The van der Waals surface area contributed by atoms with Gasteiger partial charge in [-0.05, 0) is 32.5 Å². The molecule has 0 amide bonds. The Balaban J connectivity index is 2.13. The summed E-state index contributed by atoms with van der Waals surface area (Å²) in [5.74, 6) is 0. The van der Waals surface area contributed by atoms with Crippen LogP contribution in [0.25, 0.3) is 0 Å². The summed E-state index contributed by atoms with van der Waals surface area (Å²) in [5.41, 5.74) is 1.76. The molecule has 1 aromatic carbocycles. The molecule has 1 saturated heterocycles. The lowest BCUT2D eigenvalue weighted by atomic mass is 10.1. The Morgan fingerprint density at radius 2 is 2.19 bits per heavy atom. The molecule has 21 heavy (non-hydrogen) atoms. The number of anilines is 1. The molecule has 1 N–H and O–H groups in total. The average molecular weight is 292 g/mol. The van der Waals surface area contributed by atoms with Crippen LogP contribution < -0.4 is 5.32 Å². The summed E-state index contributed by atoms with van der Waals surface area (Å²) in [5, 5.41) is 14.2. The van der Waals surface area contributed by atoms with Crippen molar-refractivity contribution in [1.82, 2.24) is 9.80 Å². The Labute approximate surface area is 125 Å². The molecule has 1 atom stereocenters. The number of nitrogens with zero attached hydrogens (tertiary/aromatic N) is 3. The van der Waals surface area contributed by atoms with Gasteiger partial charge < -0.3 is 10.2 Å². The average Bonchev–Trinajstić information content (AvgIpc) is 2.43. The molecule has 1 aromatic rings. The third-order valence-electron chi connectivity index (χ3n) is 3.98. The minimum Gasteiger partial charge on any atom is -0.380 e. The zero-order chi connectivity index (χ0) is 15.4. The highest BCUT2D eigenvalue weighted by Crippen LogP contribution is 2.26. The van der Waals surface area contributed by atoms with Gasteiger partial charge in [0.1, 0.15) is 5.69 Å². The third kappa shape index (κ3) is 3.92. The molecule has 2 rings (SSSR count). The molecule has 1 fully saturated rings. The first kappa shape index (κ1) is 15.7. The van der Waals surface area contributed by atoms with Crippen molar-refractivity contribution in [3.8, 4) is 0 Å². The fraction of sp³-hybridized carbons (Fsp3) is 0.600. The minimum atomic E-state index is -0.311. The summed E-state index contributed by atoms with van der Waals surface area (Å²) in [7, 11) is 2.13. The highest BCUT2D eigenvalue weighted by Gasteiger charge is 2.22. The standard InChI is InChI=1S/C15H24N4O2/c1-4-16-14-6-5-13(9-15(14)19(20)21)11-18-8-7-17(3)10-12(18)2/h5-6,9,12,16H,4,7-8,10-11H2,1-3H3. The number of piperazine rings is 1. The summed E-state index contributed by atoms with van der Waals surface area (Å²) in [6.07, 6.45) is 0. The fourth-order valence-corrected chi connectivity index (χ4v) is 2.81. The normalized spacial score (nSPS) is 20.4. The van der Waals surface area contributed by atoms with Crippen molar-refractivity contribution >= 4 is 11.4 Å². The summed E-state index contributed by atoms with van der Waals surface area (Å²) < 4.78 is 0. The number of hydrogen-bond donors (Lipinski definition) is 1. The van der Waals surface area contributed by atoms with E-state index in [0.717, 1.165) is 31.7 Å². The molecule has 1 aliphatic rings. The van der Waals surface area contributed by atoms with Gasteiger partial charge in [0, 0.05) is 44.8 Å². The van der Waals surface area contributed by atoms with Crippen LogP contribution in [0.4, 0.5) is 11.4 Å². The van der Waals surface area contributed by atoms with Gasteiger partial charge in [-0.2, -0.15) is 0 Å². The number of rotatable bonds is 5. The second kappa shape index (κ2) is 6.87. The molecular formula is C15H24N4O2. The Morgan fingerprint density at radius 3 is 2.81 bits per heavy atom. The van der Waals surface area contributed by atoms with Crippen LogP contribution in [0.2, 0.25) is 0 Å². The predicted octanol–water partition coefficient (Wildman–Crippen LogP) is 2.16. The SMILES string of the molecule is CCNc1ccc(CN2CCN(C)CC2C)cc1[N+](=O)[O-]. The number of nitrogens with one attached hydrogen (secondary N) is 1. The molecule has 6 heteroatoms. The van der Waals surface area contributed by atoms with Crippen molar-refractivity contribution in [2.45, 2.75) is 26.4 Å². The molecular weight excluding hydrogens is 268 g/mol. The van der Waals surface area contributed by atoms with E-state index in [4.69, 9.17) is 0 Å². The summed E-state index contributed by atoms with van der Waals surface area (Å²) in [6.45, 7) is 8.67. The highest BCUT2D eigenvalue weighted by atomic mass is 16.6. The van der Waals surface area contributed by atoms with Crippen LogP contribution in [-0.4, -0.2) is 54.0 Å². The van der Waals surface area contributed by atoms with Crippen molar-refractivity contribution in [2.75, 3.05) is 38.5 Å². The molecule has 0 saturated carbocycles. The van der Waals surface area contributed by atoms with Crippen molar-refractivity contribution in [2.24, 2.45) is 0 Å². The van der Waals surface area contributed by atoms with Gasteiger partial charge in [0.25, 0.3) is 5.69 Å². The van der Waals surface area contributed by atoms with E-state index in [-0.39, 0.29) is 10.6 Å². The van der Waals surface area contributed by atoms with Gasteiger partial charge in [0.05, 0.1) is 4.92 Å². The molecule has 0 bridgehead atoms. The highest BCUT2D eigenvalue weighted by molar-refractivity contribution is 5.62. The van der Waals surface area contributed by atoms with Gasteiger partial charge in [-0.3, -0.25) is 15.0 Å². The van der Waals surface area contributed by atoms with E-state index in [2.05, 4.69) is 29.1 Å². The molecule has 1 heterocycles. The van der Waals surface area contributed by atoms with E-state index in [9.17, 15) is 10.1 Å². The second-order valence-electron chi connectivity index (χ2n) is 5.72. The van der Waals surface area contributed by atoms with Crippen LogP contribution in [0.5, 0.6) is 0 Å². The molecule has 116 valence electrons. The number of hydrogen-bond acceptors (Lipinski definition) is 5. The van der Waals surface area contributed by atoms with Crippen LogP contribution in [-0.2, 0) is 6.54 Å². The Bertz CT molecular complexity index is 506. The number of nitro groups is 1. The predicted molar refractivity (Wildman–Crippen MR) is 84.6 cm³/mol. The summed E-state index contributed by atoms with van der Waals surface area (Å²) in [6, 6.07) is 5.97. The van der Waals surface area contributed by atoms with Crippen LogP contribution in [0.3, 0.4) is 0 Å². The maximum absolute atomic E-state index is 11.2. The summed E-state index contributed by atoms with van der Waals surface area (Å²) in [4.78, 5) is 15.6. The molecule has 0 radical (unpaired) electrons. The second-order valence-corrected chi connectivity index (χ2v) is 5.72. The fourth-order valence-electron chi connectivity index (χ4n) is 2.81. The number of nitro benzene ring substituents is 1. The molecule has 1 unspecified atom stereocenters. The first-order valence-corrected chi connectivity index (χ1v) is 7.45. The van der Waals surface area contributed by atoms with Crippen LogP contribution >= 0.6 is 0 Å². The van der Waals surface area contributed by atoms with Crippen LogP contribution in [0.15, 0.2) is 18.2 Å². The first-order chi connectivity index (χ1) is 10.0. The summed E-state index contributed by atoms with van der Waals surface area (Å²) >= 11 is 0. The lowest BCUT2D eigenvalue weighted by molar-refractivity contribution is -0.384. The van der Waals surface area contributed by atoms with E-state index in [0.29, 0.717) is 18.3 Å². The van der Waals surface area contributed by atoms with Gasteiger partial charge in [-0.1, -0.05) is 6.07 Å². The van der Waals surface area contributed by atoms with Crippen LogP contribution in [0, 0.1) is 10.1 Å². The number of likely N-dealkylation sites (N-methyl/N-ethyl adjacent to an activating group) is 1. The molecule has 0 aromatic heterocycles. The van der Waals surface area contributed by atoms with E-state index >= 15 is 0 Å². The lowest BCUT2D eigenvalue weighted by Gasteiger charge is -2.38. The maximum atomic E-state index is 11.2. The monoisotopic (exact) mass is 292 g/mol. The lowest BCUT2D eigenvalue weighted by Crippen LogP contribution is -2.49. The van der Waals surface area contributed by atoms with Crippen molar-refractivity contribution in [3.05, 3.63) is 33.9 Å². The quantitative estimate of drug-likeness (QED) is 0.665. The van der Waals surface area contributed by atoms with Crippen molar-refractivity contribution < 1.29 is 4.92 Å². The van der Waals surface area contributed by atoms with Gasteiger partial charge in [0.15, 0.2) is 0 Å². The van der Waals surface area contributed by atoms with Gasteiger partial charge >= 0.3 is 0 Å². The third-order valence-corrected chi connectivity index (χ3v) is 3.98. The number of benzene rings is 1. The van der Waals surface area contributed by atoms with Crippen LogP contribution in [0.1, 0.15) is 19.4 Å². The first-order valence-electron chi connectivity index (χ1n) is 7.45. The zero-order valence-electron chi connectivity index (χ0n) is 13.0. The van der Waals surface area contributed by atoms with Gasteiger partial charge in [0.2, 0.25) is 0 Å². The molecule has 0 aliphatic carbocycles. The van der Waals surface area contributed by atoms with Gasteiger partial charge in [-0.15, -0.1) is 0 Å². The Kier molecular flexibility index (Phi) is 5.14. The van der Waals surface area contributed by atoms with Gasteiger partial charge in [-0.25, -0.2) is 0 Å². The van der Waals surface area contributed by atoms with Crippen molar-refractivity contribution in [3.63, 3.8) is 0 Å². The Hall–Kier alpha value is -1.66. The largest absolute Gasteiger partial charge is 0.380 e. The molecule has 0 spiro atoms. The minimum absolute atomic E-state index is 0.163. The zero-order valence-corrected chi connectivity index (χ0v) is 13.0. The van der Waals surface area contributed by atoms with E-state index in [1.807, 2.05) is 19.1 Å². The smallest absolute Gasteiger partial charge is 0.292 e. The molecule has 6 nitrogen and oxygen atoms in total. The van der Waals surface area contributed by atoms with Crippen molar-refractivity contribution in [1.29, 1.82) is 0 Å². The van der Waals surface area contributed by atoms with E-state index in [1.54, 1.807) is 6.07 Å². The topological polar surface area (TPSA) is 61.6 Å². The van der Waals surface area contributed by atoms with E-state index < -0.39 is 0 Å². The molecule has 1 aliphatic heterocycles. The van der Waals surface area contributed by atoms with E-state index in [1.165, 1.54) is 0 Å². The maximum Gasteiger partial charge on any atom is 0.292 e.